The van der Waals surface area contributed by atoms with Gasteiger partial charge in [0, 0.05) is 41.1 Å². The quantitative estimate of drug-likeness (QED) is 0.571. The van der Waals surface area contributed by atoms with Crippen molar-refractivity contribution in [1.82, 2.24) is 29.5 Å². The minimum Gasteiger partial charge on any atom is -0.375 e. The third-order valence-corrected chi connectivity index (χ3v) is 6.21. The minimum atomic E-state index is 0.183. The van der Waals surface area contributed by atoms with Crippen molar-refractivity contribution in [3.63, 3.8) is 0 Å². The van der Waals surface area contributed by atoms with Crippen molar-refractivity contribution in [3.8, 4) is 11.1 Å². The van der Waals surface area contributed by atoms with Crippen LogP contribution >= 0.6 is 0 Å². The molecule has 0 amide bonds. The first kappa shape index (κ1) is 16.0. The Morgan fingerprint density at radius 2 is 2.07 bits per heavy atom. The van der Waals surface area contributed by atoms with Crippen molar-refractivity contribution in [3.05, 3.63) is 37.1 Å². The molecule has 1 spiro atoms. The van der Waals surface area contributed by atoms with Crippen LogP contribution in [0.15, 0.2) is 37.1 Å². The maximum Gasteiger partial charge on any atom is 0.224 e. The van der Waals surface area contributed by atoms with Gasteiger partial charge in [-0.3, -0.25) is 0 Å². The Kier molecular flexibility index (Phi) is 3.43. The van der Waals surface area contributed by atoms with Crippen molar-refractivity contribution in [1.29, 1.82) is 0 Å². The molecule has 5 heterocycles. The van der Waals surface area contributed by atoms with Gasteiger partial charge in [0.15, 0.2) is 5.65 Å². The summed E-state index contributed by atoms with van der Waals surface area (Å²) in [6.07, 6.45) is 13.1. The summed E-state index contributed by atoms with van der Waals surface area (Å²) in [5.41, 5.74) is 3.95. The molecule has 0 radical (unpaired) electrons. The van der Waals surface area contributed by atoms with Crippen molar-refractivity contribution < 1.29 is 4.74 Å². The Morgan fingerprint density at radius 1 is 1.18 bits per heavy atom. The van der Waals surface area contributed by atoms with Gasteiger partial charge in [-0.1, -0.05) is 0 Å². The Labute approximate surface area is 161 Å². The lowest BCUT2D eigenvalue weighted by molar-refractivity contribution is -0.165. The summed E-state index contributed by atoms with van der Waals surface area (Å²) in [7, 11) is 0. The molecule has 0 atom stereocenters. The lowest BCUT2D eigenvalue weighted by atomic mass is 9.77. The van der Waals surface area contributed by atoms with E-state index in [0.29, 0.717) is 12.0 Å². The van der Waals surface area contributed by atoms with Gasteiger partial charge in [-0.25, -0.2) is 14.5 Å². The van der Waals surface area contributed by atoms with E-state index >= 15 is 0 Å². The molecule has 1 aliphatic heterocycles. The fourth-order valence-corrected chi connectivity index (χ4v) is 4.45. The summed E-state index contributed by atoms with van der Waals surface area (Å²) in [6.45, 7) is 0.927. The number of ether oxygens (including phenoxy) is 1. The summed E-state index contributed by atoms with van der Waals surface area (Å²) in [5, 5.41) is 8.72. The summed E-state index contributed by atoms with van der Waals surface area (Å²) >= 11 is 0. The van der Waals surface area contributed by atoms with Crippen LogP contribution in [0.4, 0.5) is 5.95 Å². The first-order valence-corrected chi connectivity index (χ1v) is 9.82. The molecule has 6 rings (SSSR count). The number of nitrogens with one attached hydrogen (secondary N) is 2. The average molecular weight is 375 g/mol. The lowest BCUT2D eigenvalue weighted by Gasteiger charge is -2.46. The molecule has 8 heteroatoms. The van der Waals surface area contributed by atoms with Gasteiger partial charge in [0.2, 0.25) is 5.95 Å². The molecule has 2 aliphatic rings. The van der Waals surface area contributed by atoms with Crippen LogP contribution in [-0.4, -0.2) is 47.8 Å². The third-order valence-electron chi connectivity index (χ3n) is 6.21. The summed E-state index contributed by atoms with van der Waals surface area (Å²) in [4.78, 5) is 16.7. The van der Waals surface area contributed by atoms with Gasteiger partial charge in [0.1, 0.15) is 12.0 Å². The zero-order valence-electron chi connectivity index (χ0n) is 15.4. The molecule has 1 saturated heterocycles. The monoisotopic (exact) mass is 375 g/mol. The van der Waals surface area contributed by atoms with E-state index in [1.807, 2.05) is 30.7 Å². The predicted octanol–water partition coefficient (Wildman–Crippen LogP) is 3.18. The smallest absolute Gasteiger partial charge is 0.224 e. The SMILES string of the molecule is c1nc2ccc(-c3c[nH]c4nc(N[C@H]5CC[C@]6(CCO6)CC5)ncc34)cn2n1. The second-order valence-corrected chi connectivity index (χ2v) is 7.84. The third kappa shape index (κ3) is 2.56. The maximum atomic E-state index is 5.81. The fourth-order valence-electron chi connectivity index (χ4n) is 4.45. The van der Waals surface area contributed by atoms with Crippen LogP contribution in [0.25, 0.3) is 27.8 Å². The molecule has 1 saturated carbocycles. The summed E-state index contributed by atoms with van der Waals surface area (Å²) < 4.78 is 7.58. The number of fused-ring (bicyclic) bond motifs is 2. The summed E-state index contributed by atoms with van der Waals surface area (Å²) in [5.74, 6) is 0.683. The number of nitrogens with zero attached hydrogens (tertiary/aromatic N) is 5. The summed E-state index contributed by atoms with van der Waals surface area (Å²) in [6, 6.07) is 4.41. The van der Waals surface area contributed by atoms with Gasteiger partial charge in [-0.2, -0.15) is 10.1 Å². The zero-order chi connectivity index (χ0) is 18.6. The molecule has 8 nitrogen and oxygen atoms in total. The van der Waals surface area contributed by atoms with Gasteiger partial charge in [-0.15, -0.1) is 0 Å². The molecular formula is C20H21N7O. The predicted molar refractivity (Wildman–Crippen MR) is 105 cm³/mol. The topological polar surface area (TPSA) is 93.0 Å². The first-order valence-electron chi connectivity index (χ1n) is 9.82. The van der Waals surface area contributed by atoms with Crippen molar-refractivity contribution in [2.75, 3.05) is 11.9 Å². The fraction of sp³-hybridized carbons (Fsp3) is 0.400. The van der Waals surface area contributed by atoms with E-state index < -0.39 is 0 Å². The molecule has 0 aromatic carbocycles. The van der Waals surface area contributed by atoms with Gasteiger partial charge in [0.05, 0.1) is 12.2 Å². The Balaban J connectivity index is 1.24. The van der Waals surface area contributed by atoms with Crippen LogP contribution < -0.4 is 5.32 Å². The van der Waals surface area contributed by atoms with Gasteiger partial charge >= 0.3 is 0 Å². The number of H-pyrrole nitrogens is 1. The van der Waals surface area contributed by atoms with Crippen LogP contribution in [0.3, 0.4) is 0 Å². The highest BCUT2D eigenvalue weighted by Gasteiger charge is 2.41. The number of anilines is 1. The molecule has 0 bridgehead atoms. The van der Waals surface area contributed by atoms with E-state index in [4.69, 9.17) is 9.72 Å². The molecule has 1 aliphatic carbocycles. The molecule has 2 fully saturated rings. The van der Waals surface area contributed by atoms with E-state index in [1.165, 1.54) is 6.42 Å². The number of hydrogen-bond acceptors (Lipinski definition) is 6. The molecule has 142 valence electrons. The van der Waals surface area contributed by atoms with Crippen LogP contribution in [-0.2, 0) is 4.74 Å². The standard InChI is InChI=1S/C20H21N7O/c1-2-17-23-12-24-27(17)11-13(1)15-9-21-18-16(15)10-22-19(26-18)25-14-3-5-20(6-4-14)7-8-28-20/h1-2,9-12,14H,3-8H2,(H2,21,22,25,26)/t14-,20+. The molecule has 4 aromatic rings. The molecule has 4 aromatic heterocycles. The van der Waals surface area contributed by atoms with Gasteiger partial charge in [0.25, 0.3) is 0 Å². The van der Waals surface area contributed by atoms with Crippen LogP contribution in [0.5, 0.6) is 0 Å². The van der Waals surface area contributed by atoms with E-state index in [-0.39, 0.29) is 5.60 Å². The Bertz CT molecular complexity index is 1150. The van der Waals surface area contributed by atoms with E-state index in [9.17, 15) is 0 Å². The minimum absolute atomic E-state index is 0.183. The second-order valence-electron chi connectivity index (χ2n) is 7.84. The molecule has 0 unspecified atom stereocenters. The average Bonchev–Trinajstić information content (AvgIpc) is 3.33. The second kappa shape index (κ2) is 6.00. The number of pyridine rings is 1. The lowest BCUT2D eigenvalue weighted by Crippen LogP contribution is -2.48. The van der Waals surface area contributed by atoms with Crippen molar-refractivity contribution >= 4 is 22.6 Å². The van der Waals surface area contributed by atoms with Crippen LogP contribution in [0.2, 0.25) is 0 Å². The van der Waals surface area contributed by atoms with E-state index in [0.717, 1.165) is 60.1 Å². The largest absolute Gasteiger partial charge is 0.375 e. The van der Waals surface area contributed by atoms with E-state index in [2.05, 4.69) is 25.4 Å². The zero-order valence-corrected chi connectivity index (χ0v) is 15.4. The molecule has 2 N–H and O–H groups in total. The van der Waals surface area contributed by atoms with Gasteiger partial charge in [-0.05, 0) is 44.2 Å². The Morgan fingerprint density at radius 3 is 2.89 bits per heavy atom. The number of hydrogen-bond donors (Lipinski definition) is 2. The maximum absolute atomic E-state index is 5.81. The van der Waals surface area contributed by atoms with Crippen LogP contribution in [0.1, 0.15) is 32.1 Å². The Hall–Kier alpha value is -3.00. The number of rotatable bonds is 3. The van der Waals surface area contributed by atoms with Crippen molar-refractivity contribution in [2.45, 2.75) is 43.7 Å². The highest BCUT2D eigenvalue weighted by atomic mass is 16.5. The van der Waals surface area contributed by atoms with Gasteiger partial charge < -0.3 is 15.0 Å². The van der Waals surface area contributed by atoms with Crippen LogP contribution in [0, 0.1) is 0 Å². The van der Waals surface area contributed by atoms with Crippen molar-refractivity contribution in [2.24, 2.45) is 0 Å². The number of aromatic amines is 1. The highest BCUT2D eigenvalue weighted by Crippen LogP contribution is 2.41. The normalized spacial score (nSPS) is 24.6. The first-order chi connectivity index (χ1) is 13.8. The van der Waals surface area contributed by atoms with E-state index in [1.54, 1.807) is 10.8 Å². The highest BCUT2D eigenvalue weighted by molar-refractivity contribution is 5.93. The molecule has 28 heavy (non-hydrogen) atoms. The molecular weight excluding hydrogens is 354 g/mol. The number of aromatic nitrogens is 6.